The average Bonchev–Trinajstić information content (AvgIpc) is 2.34. The zero-order valence-corrected chi connectivity index (χ0v) is 9.90. The molecule has 1 unspecified atom stereocenters. The predicted molar refractivity (Wildman–Crippen MR) is 64.9 cm³/mol. The normalized spacial score (nSPS) is 12.1. The van der Waals surface area contributed by atoms with Crippen molar-refractivity contribution in [3.8, 4) is 6.07 Å². The highest BCUT2D eigenvalue weighted by atomic mass is 16.3. The Kier molecular flexibility index (Phi) is 5.01. The first-order valence-corrected chi connectivity index (χ1v) is 5.76. The summed E-state index contributed by atoms with van der Waals surface area (Å²) in [5.41, 5.74) is 2.89. The van der Waals surface area contributed by atoms with E-state index >= 15 is 0 Å². The van der Waals surface area contributed by atoms with E-state index in [4.69, 9.17) is 5.26 Å². The van der Waals surface area contributed by atoms with Crippen LogP contribution in [0.5, 0.6) is 0 Å². The van der Waals surface area contributed by atoms with Gasteiger partial charge < -0.3 is 5.11 Å². The van der Waals surface area contributed by atoms with Crippen LogP contribution in [0.1, 0.15) is 43.4 Å². The standard InChI is InChI=1S/C14H18NO/c1-3-13(16)9-8-11-6-5-7-12(10-15)14(11)4-2/h5-8,13,16H,3-4,9H2,1-2H3. The minimum atomic E-state index is -0.282. The van der Waals surface area contributed by atoms with Crippen molar-refractivity contribution < 1.29 is 5.11 Å². The van der Waals surface area contributed by atoms with Gasteiger partial charge in [0.2, 0.25) is 0 Å². The van der Waals surface area contributed by atoms with Crippen molar-refractivity contribution in [3.05, 3.63) is 41.3 Å². The third kappa shape index (κ3) is 3.08. The van der Waals surface area contributed by atoms with E-state index in [0.717, 1.165) is 29.5 Å². The van der Waals surface area contributed by atoms with Crippen LogP contribution in [0, 0.1) is 17.8 Å². The topological polar surface area (TPSA) is 44.0 Å². The van der Waals surface area contributed by atoms with Gasteiger partial charge in [0, 0.05) is 0 Å². The monoisotopic (exact) mass is 216 g/mol. The van der Waals surface area contributed by atoms with Gasteiger partial charge in [-0.15, -0.1) is 0 Å². The Bertz CT molecular complexity index is 379. The van der Waals surface area contributed by atoms with Crippen molar-refractivity contribution in [2.24, 2.45) is 0 Å². The summed E-state index contributed by atoms with van der Waals surface area (Å²) >= 11 is 0. The summed E-state index contributed by atoms with van der Waals surface area (Å²) in [6, 6.07) is 7.94. The fourth-order valence-corrected chi connectivity index (χ4v) is 1.72. The molecule has 85 valence electrons. The molecule has 0 fully saturated rings. The number of rotatable bonds is 5. The maximum Gasteiger partial charge on any atom is 0.0994 e. The Morgan fingerprint density at radius 2 is 2.19 bits per heavy atom. The summed E-state index contributed by atoms with van der Waals surface area (Å²) in [4.78, 5) is 0. The third-order valence-corrected chi connectivity index (χ3v) is 2.77. The van der Waals surface area contributed by atoms with Gasteiger partial charge in [-0.25, -0.2) is 0 Å². The fraction of sp³-hybridized carbons (Fsp3) is 0.429. The number of nitriles is 1. The van der Waals surface area contributed by atoms with E-state index < -0.39 is 0 Å². The number of aliphatic hydroxyl groups excluding tert-OH is 1. The Morgan fingerprint density at radius 3 is 2.75 bits per heavy atom. The predicted octanol–water partition coefficient (Wildman–Crippen LogP) is 2.83. The first-order valence-electron chi connectivity index (χ1n) is 5.76. The highest BCUT2D eigenvalue weighted by Gasteiger charge is 2.08. The van der Waals surface area contributed by atoms with Crippen LogP contribution in [-0.4, -0.2) is 11.2 Å². The van der Waals surface area contributed by atoms with Gasteiger partial charge in [0.25, 0.3) is 0 Å². The first-order chi connectivity index (χ1) is 7.72. The van der Waals surface area contributed by atoms with Crippen LogP contribution in [0.4, 0.5) is 0 Å². The quantitative estimate of drug-likeness (QED) is 0.822. The van der Waals surface area contributed by atoms with Crippen LogP contribution in [-0.2, 0) is 6.42 Å². The van der Waals surface area contributed by atoms with Gasteiger partial charge in [0.1, 0.15) is 0 Å². The molecule has 0 aliphatic heterocycles. The second-order valence-corrected chi connectivity index (χ2v) is 3.84. The Balaban J connectivity index is 2.84. The average molecular weight is 216 g/mol. The van der Waals surface area contributed by atoms with Crippen molar-refractivity contribution in [1.82, 2.24) is 0 Å². The van der Waals surface area contributed by atoms with E-state index in [1.54, 1.807) is 0 Å². The molecule has 0 saturated carbocycles. The molecule has 0 spiro atoms. The van der Waals surface area contributed by atoms with E-state index in [1.165, 1.54) is 0 Å². The number of benzene rings is 1. The van der Waals surface area contributed by atoms with Crippen molar-refractivity contribution in [1.29, 1.82) is 5.26 Å². The molecular formula is C14H18NO. The molecule has 1 aromatic carbocycles. The number of nitrogens with zero attached hydrogens (tertiary/aromatic N) is 1. The number of hydrogen-bond donors (Lipinski definition) is 1. The van der Waals surface area contributed by atoms with Gasteiger partial charge in [-0.1, -0.05) is 26.0 Å². The first kappa shape index (κ1) is 12.7. The smallest absolute Gasteiger partial charge is 0.0994 e. The Labute approximate surface area is 97.5 Å². The van der Waals surface area contributed by atoms with E-state index in [0.29, 0.717) is 6.42 Å². The Hall–Kier alpha value is -1.33. The van der Waals surface area contributed by atoms with Gasteiger partial charge in [0.05, 0.1) is 17.7 Å². The van der Waals surface area contributed by atoms with Crippen LogP contribution >= 0.6 is 0 Å². The van der Waals surface area contributed by atoms with Crippen LogP contribution in [0.2, 0.25) is 0 Å². The zero-order valence-electron chi connectivity index (χ0n) is 9.90. The highest BCUT2D eigenvalue weighted by molar-refractivity contribution is 5.45. The zero-order chi connectivity index (χ0) is 12.0. The van der Waals surface area contributed by atoms with E-state index in [-0.39, 0.29) is 6.10 Å². The summed E-state index contributed by atoms with van der Waals surface area (Å²) in [7, 11) is 0. The second-order valence-electron chi connectivity index (χ2n) is 3.84. The summed E-state index contributed by atoms with van der Waals surface area (Å²) in [6.07, 6.45) is 4.00. The summed E-state index contributed by atoms with van der Waals surface area (Å²) in [5, 5.41) is 18.5. The lowest BCUT2D eigenvalue weighted by Gasteiger charge is -2.11. The highest BCUT2D eigenvalue weighted by Crippen LogP contribution is 2.19. The van der Waals surface area contributed by atoms with Crippen LogP contribution in [0.3, 0.4) is 0 Å². The number of hydrogen-bond acceptors (Lipinski definition) is 2. The Morgan fingerprint density at radius 1 is 1.44 bits per heavy atom. The molecule has 1 radical (unpaired) electrons. The van der Waals surface area contributed by atoms with Crippen LogP contribution < -0.4 is 0 Å². The van der Waals surface area contributed by atoms with Crippen molar-refractivity contribution in [2.75, 3.05) is 0 Å². The lowest BCUT2D eigenvalue weighted by molar-refractivity contribution is 0.170. The molecule has 0 bridgehead atoms. The maximum absolute atomic E-state index is 9.51. The fourth-order valence-electron chi connectivity index (χ4n) is 1.72. The molecule has 2 nitrogen and oxygen atoms in total. The summed E-state index contributed by atoms with van der Waals surface area (Å²) < 4.78 is 0. The molecule has 0 aromatic heterocycles. The lowest BCUT2D eigenvalue weighted by atomic mass is 9.95. The minimum Gasteiger partial charge on any atom is -0.393 e. The minimum absolute atomic E-state index is 0.282. The summed E-state index contributed by atoms with van der Waals surface area (Å²) in [6.45, 7) is 4.01. The maximum atomic E-state index is 9.51. The van der Waals surface area contributed by atoms with Gasteiger partial charge in [-0.3, -0.25) is 0 Å². The van der Waals surface area contributed by atoms with Crippen LogP contribution in [0.25, 0.3) is 0 Å². The van der Waals surface area contributed by atoms with Crippen LogP contribution in [0.15, 0.2) is 18.2 Å². The van der Waals surface area contributed by atoms with Crippen molar-refractivity contribution in [2.45, 2.75) is 39.2 Å². The molecule has 0 saturated heterocycles. The third-order valence-electron chi connectivity index (χ3n) is 2.77. The molecule has 0 aliphatic rings. The van der Waals surface area contributed by atoms with Gasteiger partial charge in [-0.2, -0.15) is 5.26 Å². The van der Waals surface area contributed by atoms with Gasteiger partial charge in [-0.05, 0) is 42.9 Å². The lowest BCUT2D eigenvalue weighted by Crippen LogP contribution is -2.06. The number of aliphatic hydroxyl groups is 1. The SMILES string of the molecule is CCc1c(C#N)cccc1[CH]CC(O)CC. The second kappa shape index (κ2) is 6.30. The van der Waals surface area contributed by atoms with Gasteiger partial charge in [0.15, 0.2) is 0 Å². The van der Waals surface area contributed by atoms with Crippen molar-refractivity contribution in [3.63, 3.8) is 0 Å². The molecular weight excluding hydrogens is 198 g/mol. The van der Waals surface area contributed by atoms with E-state index in [1.807, 2.05) is 38.5 Å². The summed E-state index contributed by atoms with van der Waals surface area (Å²) in [5.74, 6) is 0. The molecule has 0 heterocycles. The molecule has 1 atom stereocenters. The molecule has 0 amide bonds. The largest absolute Gasteiger partial charge is 0.393 e. The molecule has 16 heavy (non-hydrogen) atoms. The van der Waals surface area contributed by atoms with Crippen molar-refractivity contribution >= 4 is 0 Å². The van der Waals surface area contributed by atoms with E-state index in [2.05, 4.69) is 6.07 Å². The molecule has 1 aromatic rings. The molecule has 2 heteroatoms. The molecule has 0 aliphatic carbocycles. The molecule has 1 N–H and O–H groups in total. The molecule has 1 rings (SSSR count). The van der Waals surface area contributed by atoms with Gasteiger partial charge >= 0.3 is 0 Å². The van der Waals surface area contributed by atoms with E-state index in [9.17, 15) is 5.11 Å².